The van der Waals surface area contributed by atoms with Gasteiger partial charge in [0, 0.05) is 18.6 Å². The van der Waals surface area contributed by atoms with Crippen LogP contribution in [0.5, 0.6) is 0 Å². The van der Waals surface area contributed by atoms with Crippen LogP contribution in [-0.4, -0.2) is 39.8 Å². The number of fused-ring (bicyclic) bond motifs is 1. The van der Waals surface area contributed by atoms with Gasteiger partial charge in [0.2, 0.25) is 5.89 Å². The molecule has 27 heavy (non-hydrogen) atoms. The maximum Gasteiger partial charge on any atom is 0.230 e. The van der Waals surface area contributed by atoms with Gasteiger partial charge in [-0.15, -0.1) is 5.10 Å². The first-order valence-corrected chi connectivity index (χ1v) is 11.8. The van der Waals surface area contributed by atoms with E-state index in [0.717, 1.165) is 37.8 Å². The van der Waals surface area contributed by atoms with Gasteiger partial charge in [0.1, 0.15) is 4.75 Å². The fraction of sp³-hybridized carbons (Fsp3) is 0.778. The van der Waals surface area contributed by atoms with Crippen molar-refractivity contribution >= 4 is 9.84 Å². The first-order chi connectivity index (χ1) is 13.0. The van der Waals surface area contributed by atoms with E-state index in [2.05, 4.69) is 25.1 Å². The molecule has 0 spiro atoms. The lowest BCUT2D eigenvalue weighted by molar-refractivity contribution is 0.271. The SMILES string of the molecule is CS(=O)(=O)C1(c2noc(C3CCc4nnn(C5CCC5)c4C3)n2)CCCC1. The molecule has 9 heteroatoms. The molecule has 2 saturated carbocycles. The Labute approximate surface area is 158 Å². The van der Waals surface area contributed by atoms with E-state index in [4.69, 9.17) is 4.52 Å². The fourth-order valence-corrected chi connectivity index (χ4v) is 6.27. The minimum atomic E-state index is -3.30. The summed E-state index contributed by atoms with van der Waals surface area (Å²) < 4.78 is 31.7. The monoisotopic (exact) mass is 391 g/mol. The van der Waals surface area contributed by atoms with Crippen molar-refractivity contribution in [3.63, 3.8) is 0 Å². The van der Waals surface area contributed by atoms with Crippen LogP contribution in [0.15, 0.2) is 4.52 Å². The van der Waals surface area contributed by atoms with Crippen LogP contribution in [0.1, 0.15) is 86.4 Å². The normalized spacial score (nSPS) is 25.3. The van der Waals surface area contributed by atoms with Crippen LogP contribution in [0.4, 0.5) is 0 Å². The molecule has 0 aromatic carbocycles. The Morgan fingerprint density at radius 2 is 1.93 bits per heavy atom. The van der Waals surface area contributed by atoms with Crippen LogP contribution in [0, 0.1) is 0 Å². The summed E-state index contributed by atoms with van der Waals surface area (Å²) in [4.78, 5) is 4.61. The number of hydrogen-bond acceptors (Lipinski definition) is 7. The van der Waals surface area contributed by atoms with Gasteiger partial charge in [0.25, 0.3) is 0 Å². The first kappa shape index (κ1) is 17.3. The molecule has 1 atom stereocenters. The van der Waals surface area contributed by atoms with Gasteiger partial charge in [-0.05, 0) is 44.9 Å². The summed E-state index contributed by atoms with van der Waals surface area (Å²) in [5, 5.41) is 12.9. The Hall–Kier alpha value is -1.77. The summed E-state index contributed by atoms with van der Waals surface area (Å²) in [7, 11) is -3.30. The molecule has 0 amide bonds. The molecular weight excluding hydrogens is 366 g/mol. The second-order valence-corrected chi connectivity index (χ2v) is 10.7. The molecule has 3 aliphatic rings. The van der Waals surface area contributed by atoms with Crippen LogP contribution in [0.25, 0.3) is 0 Å². The number of rotatable bonds is 4. The average Bonchev–Trinajstić information content (AvgIpc) is 3.32. The summed E-state index contributed by atoms with van der Waals surface area (Å²) in [6.07, 6.45) is 10.3. The molecule has 5 rings (SSSR count). The Kier molecular flexibility index (Phi) is 3.93. The van der Waals surface area contributed by atoms with Gasteiger partial charge in [-0.25, -0.2) is 13.1 Å². The third-order valence-corrected chi connectivity index (χ3v) is 8.79. The maximum absolute atomic E-state index is 12.5. The van der Waals surface area contributed by atoms with Crippen molar-refractivity contribution in [2.24, 2.45) is 0 Å². The maximum atomic E-state index is 12.5. The van der Waals surface area contributed by atoms with E-state index in [-0.39, 0.29) is 5.92 Å². The highest BCUT2D eigenvalue weighted by Gasteiger charge is 2.49. The van der Waals surface area contributed by atoms with E-state index < -0.39 is 14.6 Å². The zero-order valence-electron chi connectivity index (χ0n) is 15.6. The Morgan fingerprint density at radius 1 is 1.15 bits per heavy atom. The second kappa shape index (κ2) is 6.12. The Bertz CT molecular complexity index is 954. The number of hydrogen-bond donors (Lipinski definition) is 0. The largest absolute Gasteiger partial charge is 0.339 e. The van der Waals surface area contributed by atoms with Crippen molar-refractivity contribution in [3.8, 4) is 0 Å². The van der Waals surface area contributed by atoms with Crippen LogP contribution < -0.4 is 0 Å². The Balaban J connectivity index is 1.43. The minimum Gasteiger partial charge on any atom is -0.339 e. The average molecular weight is 391 g/mol. The van der Waals surface area contributed by atoms with Crippen molar-refractivity contribution < 1.29 is 12.9 Å². The molecule has 0 saturated heterocycles. The van der Waals surface area contributed by atoms with Crippen LogP contribution >= 0.6 is 0 Å². The van der Waals surface area contributed by atoms with E-state index in [1.807, 2.05) is 0 Å². The standard InChI is InChI=1S/C18H25N5O3S/c1-27(24,25)18(9-2-3-10-18)17-19-16(26-21-17)12-7-8-14-15(11-12)23(22-20-14)13-5-4-6-13/h12-13H,2-11H2,1H3. The van der Waals surface area contributed by atoms with Crippen molar-refractivity contribution in [1.29, 1.82) is 0 Å². The van der Waals surface area contributed by atoms with Gasteiger partial charge < -0.3 is 4.52 Å². The van der Waals surface area contributed by atoms with Crippen LogP contribution in [0.3, 0.4) is 0 Å². The number of aromatic nitrogens is 5. The molecule has 2 heterocycles. The predicted molar refractivity (Wildman–Crippen MR) is 97.0 cm³/mol. The molecule has 2 aromatic rings. The van der Waals surface area contributed by atoms with Gasteiger partial charge >= 0.3 is 0 Å². The molecule has 0 N–H and O–H groups in total. The van der Waals surface area contributed by atoms with E-state index in [1.54, 1.807) is 0 Å². The number of aryl methyl sites for hydroxylation is 1. The quantitative estimate of drug-likeness (QED) is 0.788. The summed E-state index contributed by atoms with van der Waals surface area (Å²) in [5.41, 5.74) is 2.27. The van der Waals surface area contributed by atoms with Crippen LogP contribution in [0.2, 0.25) is 0 Å². The zero-order chi connectivity index (χ0) is 18.6. The highest BCUT2D eigenvalue weighted by molar-refractivity contribution is 7.91. The third kappa shape index (κ3) is 2.65. The molecule has 0 radical (unpaired) electrons. The highest BCUT2D eigenvalue weighted by atomic mass is 32.2. The Morgan fingerprint density at radius 3 is 2.59 bits per heavy atom. The summed E-state index contributed by atoms with van der Waals surface area (Å²) in [6, 6.07) is 0.477. The topological polar surface area (TPSA) is 104 Å². The molecule has 146 valence electrons. The van der Waals surface area contributed by atoms with Gasteiger partial charge in [-0.1, -0.05) is 23.2 Å². The van der Waals surface area contributed by atoms with Crippen molar-refractivity contribution in [1.82, 2.24) is 25.1 Å². The molecule has 0 bridgehead atoms. The first-order valence-electron chi connectivity index (χ1n) is 9.94. The molecule has 1 unspecified atom stereocenters. The molecule has 0 aliphatic heterocycles. The lowest BCUT2D eigenvalue weighted by Gasteiger charge is -2.28. The summed E-state index contributed by atoms with van der Waals surface area (Å²) in [5.74, 6) is 1.02. The lowest BCUT2D eigenvalue weighted by atomic mass is 9.87. The van der Waals surface area contributed by atoms with Gasteiger partial charge in [-0.2, -0.15) is 4.98 Å². The van der Waals surface area contributed by atoms with Crippen molar-refractivity contribution in [3.05, 3.63) is 23.1 Å². The van der Waals surface area contributed by atoms with E-state index in [0.29, 0.717) is 30.6 Å². The highest BCUT2D eigenvalue weighted by Crippen LogP contribution is 2.44. The minimum absolute atomic E-state index is 0.106. The fourth-order valence-electron chi connectivity index (χ4n) is 4.83. The van der Waals surface area contributed by atoms with Gasteiger partial charge in [-0.3, -0.25) is 0 Å². The van der Waals surface area contributed by atoms with Crippen LogP contribution in [-0.2, 0) is 27.4 Å². The molecule has 8 nitrogen and oxygen atoms in total. The third-order valence-electron chi connectivity index (χ3n) is 6.78. The molecule has 3 aliphatic carbocycles. The molecular formula is C18H25N5O3S. The van der Waals surface area contributed by atoms with Crippen molar-refractivity contribution in [2.45, 2.75) is 80.9 Å². The smallest absolute Gasteiger partial charge is 0.230 e. The molecule has 2 aromatic heterocycles. The second-order valence-electron chi connectivity index (χ2n) is 8.38. The predicted octanol–water partition coefficient (Wildman–Crippen LogP) is 2.47. The van der Waals surface area contributed by atoms with Gasteiger partial charge in [0.05, 0.1) is 17.4 Å². The van der Waals surface area contributed by atoms with E-state index in [9.17, 15) is 8.42 Å². The van der Waals surface area contributed by atoms with Crippen molar-refractivity contribution in [2.75, 3.05) is 6.26 Å². The van der Waals surface area contributed by atoms with E-state index in [1.165, 1.54) is 31.2 Å². The van der Waals surface area contributed by atoms with E-state index >= 15 is 0 Å². The lowest BCUT2D eigenvalue weighted by Crippen LogP contribution is -2.33. The molecule has 2 fully saturated rings. The zero-order valence-corrected chi connectivity index (χ0v) is 16.4. The summed E-state index contributed by atoms with van der Waals surface area (Å²) >= 11 is 0. The van der Waals surface area contributed by atoms with Gasteiger partial charge in [0.15, 0.2) is 15.7 Å². The summed E-state index contributed by atoms with van der Waals surface area (Å²) in [6.45, 7) is 0. The number of nitrogens with zero attached hydrogens (tertiary/aromatic N) is 5. The number of sulfone groups is 1.